The van der Waals surface area contributed by atoms with E-state index in [9.17, 15) is 5.21 Å². The van der Waals surface area contributed by atoms with E-state index in [2.05, 4.69) is 36.3 Å². The van der Waals surface area contributed by atoms with Gasteiger partial charge in [-0.3, -0.25) is 4.63 Å². The lowest BCUT2D eigenvalue weighted by Crippen LogP contribution is -2.25. The third kappa shape index (κ3) is 2.72. The van der Waals surface area contributed by atoms with Crippen LogP contribution >= 0.6 is 27.7 Å². The zero-order valence-electron chi connectivity index (χ0n) is 14.4. The van der Waals surface area contributed by atoms with Crippen LogP contribution in [0.5, 0.6) is 0 Å². The maximum atomic E-state index is 12.1. The van der Waals surface area contributed by atoms with E-state index in [4.69, 9.17) is 4.63 Å². The van der Waals surface area contributed by atoms with Crippen molar-refractivity contribution in [2.24, 2.45) is 7.05 Å². The van der Waals surface area contributed by atoms with Crippen LogP contribution in [0.15, 0.2) is 67.8 Å². The summed E-state index contributed by atoms with van der Waals surface area (Å²) in [7, 11) is 1.93. The Bertz CT molecular complexity index is 1330. The van der Waals surface area contributed by atoms with Crippen molar-refractivity contribution in [2.75, 3.05) is 0 Å². The molecule has 0 atom stereocenters. The standard InChI is InChI=1S/C18H11BrN6O2S/c1-24-13-8-7-11(19)9-12(13)14-16(24)20-18(22-21-14)28-17-15(25(26)27-23-17)10-5-3-2-4-6-10/h2-9H,1H3. The molecule has 0 aliphatic rings. The molecule has 10 heteroatoms. The molecule has 0 fully saturated rings. The summed E-state index contributed by atoms with van der Waals surface area (Å²) in [5, 5.41) is 26.2. The van der Waals surface area contributed by atoms with Crippen molar-refractivity contribution in [3.8, 4) is 11.3 Å². The van der Waals surface area contributed by atoms with E-state index in [0.717, 1.165) is 27.1 Å². The quantitative estimate of drug-likeness (QED) is 0.383. The molecule has 8 nitrogen and oxygen atoms in total. The lowest BCUT2D eigenvalue weighted by molar-refractivity contribution is -0.793. The first-order valence-corrected chi connectivity index (χ1v) is 9.84. The third-order valence-electron chi connectivity index (χ3n) is 4.36. The fraction of sp³-hybridized carbons (Fsp3) is 0.0556. The molecule has 2 aromatic carbocycles. The topological polar surface area (TPSA) is 96.6 Å². The van der Waals surface area contributed by atoms with E-state index >= 15 is 0 Å². The van der Waals surface area contributed by atoms with Crippen molar-refractivity contribution in [2.45, 2.75) is 10.2 Å². The fourth-order valence-corrected chi connectivity index (χ4v) is 4.18. The fourth-order valence-electron chi connectivity index (χ4n) is 3.07. The van der Waals surface area contributed by atoms with Crippen LogP contribution in [-0.2, 0) is 7.05 Å². The van der Waals surface area contributed by atoms with Gasteiger partial charge in [0.25, 0.3) is 5.03 Å². The maximum absolute atomic E-state index is 12.1. The predicted octanol–water partition coefficient (Wildman–Crippen LogP) is 3.72. The number of aryl methyl sites for hydroxylation is 1. The van der Waals surface area contributed by atoms with Gasteiger partial charge in [0.05, 0.1) is 10.7 Å². The van der Waals surface area contributed by atoms with Gasteiger partial charge in [0.1, 0.15) is 5.52 Å². The van der Waals surface area contributed by atoms with Crippen LogP contribution < -0.4 is 4.90 Å². The summed E-state index contributed by atoms with van der Waals surface area (Å²) in [5.41, 5.74) is 3.43. The molecule has 0 saturated heterocycles. The van der Waals surface area contributed by atoms with E-state index in [-0.39, 0.29) is 0 Å². The molecule has 0 amide bonds. The molecule has 5 aromatic rings. The minimum Gasteiger partial charge on any atom is -0.359 e. The second-order valence-electron chi connectivity index (χ2n) is 6.04. The van der Waals surface area contributed by atoms with Gasteiger partial charge in [0.2, 0.25) is 10.9 Å². The number of hydrogen-bond donors (Lipinski definition) is 0. The summed E-state index contributed by atoms with van der Waals surface area (Å²) in [6.07, 6.45) is 0. The first-order valence-electron chi connectivity index (χ1n) is 8.23. The van der Waals surface area contributed by atoms with Crippen molar-refractivity contribution < 1.29 is 9.53 Å². The van der Waals surface area contributed by atoms with Crippen LogP contribution in [0.1, 0.15) is 0 Å². The summed E-state index contributed by atoms with van der Waals surface area (Å²) in [6.45, 7) is 0. The monoisotopic (exact) mass is 454 g/mol. The molecule has 138 valence electrons. The van der Waals surface area contributed by atoms with Crippen LogP contribution in [0.25, 0.3) is 33.3 Å². The molecular formula is C18H11BrN6O2S. The van der Waals surface area contributed by atoms with Gasteiger partial charge < -0.3 is 9.77 Å². The Labute approximate surface area is 170 Å². The Morgan fingerprint density at radius 2 is 1.96 bits per heavy atom. The minimum absolute atomic E-state index is 0.315. The predicted molar refractivity (Wildman–Crippen MR) is 107 cm³/mol. The van der Waals surface area contributed by atoms with Gasteiger partial charge in [-0.15, -0.1) is 10.2 Å². The normalized spacial score (nSPS) is 11.5. The number of hydrogen-bond acceptors (Lipinski definition) is 7. The van der Waals surface area contributed by atoms with Crippen molar-refractivity contribution in [3.05, 3.63) is 58.2 Å². The van der Waals surface area contributed by atoms with Gasteiger partial charge in [-0.25, -0.2) is 4.98 Å². The van der Waals surface area contributed by atoms with Crippen molar-refractivity contribution >= 4 is 49.8 Å². The van der Waals surface area contributed by atoms with Gasteiger partial charge >= 0.3 is 0 Å². The summed E-state index contributed by atoms with van der Waals surface area (Å²) < 4.78 is 7.72. The second-order valence-corrected chi connectivity index (χ2v) is 7.91. The molecule has 0 radical (unpaired) electrons. The molecule has 0 bridgehead atoms. The number of aromatic nitrogens is 6. The van der Waals surface area contributed by atoms with Gasteiger partial charge in [0, 0.05) is 34.2 Å². The molecule has 28 heavy (non-hydrogen) atoms. The number of benzene rings is 2. The summed E-state index contributed by atoms with van der Waals surface area (Å²) in [4.78, 5) is 5.01. The van der Waals surface area contributed by atoms with Crippen LogP contribution in [-0.4, -0.2) is 24.9 Å². The van der Waals surface area contributed by atoms with Crippen LogP contribution in [0, 0.1) is 5.21 Å². The van der Waals surface area contributed by atoms with Crippen molar-refractivity contribution in [1.82, 2.24) is 24.9 Å². The van der Waals surface area contributed by atoms with E-state index < -0.39 is 0 Å². The minimum atomic E-state index is 0.315. The van der Waals surface area contributed by atoms with Crippen LogP contribution in [0.3, 0.4) is 0 Å². The van der Waals surface area contributed by atoms with Crippen molar-refractivity contribution in [3.63, 3.8) is 0 Å². The molecule has 0 aliphatic carbocycles. The Balaban J connectivity index is 1.60. The highest BCUT2D eigenvalue weighted by atomic mass is 79.9. The van der Waals surface area contributed by atoms with Crippen molar-refractivity contribution in [1.29, 1.82) is 0 Å². The number of fused-ring (bicyclic) bond motifs is 3. The molecule has 3 heterocycles. The number of nitrogens with zero attached hydrogens (tertiary/aromatic N) is 6. The summed E-state index contributed by atoms with van der Waals surface area (Å²) in [5.74, 6) is 0. The van der Waals surface area contributed by atoms with Gasteiger partial charge in [-0.2, -0.15) is 0 Å². The van der Waals surface area contributed by atoms with Gasteiger partial charge in [0.15, 0.2) is 5.65 Å². The Morgan fingerprint density at radius 1 is 1.14 bits per heavy atom. The van der Waals surface area contributed by atoms with Crippen LogP contribution in [0.2, 0.25) is 0 Å². The van der Waals surface area contributed by atoms with Gasteiger partial charge in [-0.1, -0.05) is 46.3 Å². The molecule has 0 N–H and O–H groups in total. The highest BCUT2D eigenvalue weighted by Gasteiger charge is 2.24. The summed E-state index contributed by atoms with van der Waals surface area (Å²) in [6, 6.07) is 15.2. The first kappa shape index (κ1) is 17.1. The number of halogens is 1. The van der Waals surface area contributed by atoms with Crippen LogP contribution in [0.4, 0.5) is 0 Å². The van der Waals surface area contributed by atoms with E-state index in [1.807, 2.05) is 60.1 Å². The summed E-state index contributed by atoms with van der Waals surface area (Å²) >= 11 is 4.62. The Morgan fingerprint density at radius 3 is 2.79 bits per heavy atom. The Hall–Kier alpha value is -2.98. The van der Waals surface area contributed by atoms with E-state index in [1.54, 1.807) is 0 Å². The average Bonchev–Trinajstić information content (AvgIpc) is 3.20. The number of rotatable bonds is 3. The second kappa shape index (κ2) is 6.57. The Kier molecular flexibility index (Phi) is 4.02. The lowest BCUT2D eigenvalue weighted by atomic mass is 10.2. The van der Waals surface area contributed by atoms with E-state index in [0.29, 0.717) is 37.5 Å². The first-order chi connectivity index (χ1) is 13.6. The lowest BCUT2D eigenvalue weighted by Gasteiger charge is -1.99. The van der Waals surface area contributed by atoms with E-state index in [1.165, 1.54) is 0 Å². The molecule has 0 spiro atoms. The zero-order valence-corrected chi connectivity index (χ0v) is 16.8. The SMILES string of the molecule is Cn1c2ccc(Br)cc2c2nnc(Sc3no[n+]([O-])c3-c3ccccc3)nc21. The smallest absolute Gasteiger partial charge is 0.290 e. The molecule has 0 unspecified atom stereocenters. The maximum Gasteiger partial charge on any atom is 0.290 e. The molecule has 0 saturated carbocycles. The average molecular weight is 455 g/mol. The molecule has 0 aliphatic heterocycles. The highest BCUT2D eigenvalue weighted by molar-refractivity contribution is 9.10. The largest absolute Gasteiger partial charge is 0.359 e. The highest BCUT2D eigenvalue weighted by Crippen LogP contribution is 2.33. The molecule has 3 aromatic heterocycles. The third-order valence-corrected chi connectivity index (χ3v) is 5.67. The molecular weight excluding hydrogens is 444 g/mol. The zero-order chi connectivity index (χ0) is 19.3. The molecule has 5 rings (SSSR count). The van der Waals surface area contributed by atoms with Gasteiger partial charge in [-0.05, 0) is 23.1 Å².